The summed E-state index contributed by atoms with van der Waals surface area (Å²) in [5.41, 5.74) is 0. The SMILES string of the molecule is C[C-](C)C.Cl.[CH3-].[Rh+2]. The van der Waals surface area contributed by atoms with Crippen LogP contribution in [0, 0.1) is 13.3 Å². The number of hydrogen-bond donors (Lipinski definition) is 0. The minimum Gasteiger partial charge on any atom is -0.358 e. The van der Waals surface area contributed by atoms with Gasteiger partial charge in [0, 0.05) is 0 Å². The van der Waals surface area contributed by atoms with E-state index in [0.717, 1.165) is 0 Å². The first-order valence-corrected chi connectivity index (χ1v) is 1.50. The fraction of sp³-hybridized carbons (Fsp3) is 0.600. The summed E-state index contributed by atoms with van der Waals surface area (Å²) >= 11 is 0. The van der Waals surface area contributed by atoms with Gasteiger partial charge in [-0.3, -0.25) is 0 Å². The molecule has 0 aromatic carbocycles. The van der Waals surface area contributed by atoms with Crippen LogP contribution >= 0.6 is 12.4 Å². The Morgan fingerprint density at radius 3 is 1.00 bits per heavy atom. The maximum Gasteiger partial charge on any atom is 2.00 e. The summed E-state index contributed by atoms with van der Waals surface area (Å²) in [6.45, 7) is 6.25. The molecule has 0 aliphatic rings. The van der Waals surface area contributed by atoms with Gasteiger partial charge >= 0.3 is 19.5 Å². The van der Waals surface area contributed by atoms with Gasteiger partial charge in [-0.05, 0) is 0 Å². The predicted octanol–water partition coefficient (Wildman–Crippen LogP) is 2.49. The molecule has 0 saturated heterocycles. The molecule has 0 nitrogen and oxygen atoms in total. The predicted molar refractivity (Wildman–Crippen MR) is 33.9 cm³/mol. The molecule has 0 atom stereocenters. The molecular weight excluding hydrogens is 198 g/mol. The molecule has 0 aromatic heterocycles. The average Bonchev–Trinajstić information content (AvgIpc) is 0.811. The van der Waals surface area contributed by atoms with Crippen LogP contribution in [0.15, 0.2) is 0 Å². The Labute approximate surface area is 66.2 Å². The number of rotatable bonds is 0. The molecule has 0 bridgehead atoms. The quantitative estimate of drug-likeness (QED) is 0.427. The van der Waals surface area contributed by atoms with Crippen LogP contribution in [0.2, 0.25) is 0 Å². The van der Waals surface area contributed by atoms with Crippen LogP contribution in [0.3, 0.4) is 0 Å². The molecule has 0 aromatic rings. The van der Waals surface area contributed by atoms with Crippen molar-refractivity contribution in [2.24, 2.45) is 0 Å². The summed E-state index contributed by atoms with van der Waals surface area (Å²) in [4.78, 5) is 0. The molecule has 0 N–H and O–H groups in total. The standard InChI is InChI=1S/C4H9.CH3.ClH.Rh/c1-4(2)3;;;/h1-3H3;1H3;1H;/q2*-1;;+2. The molecule has 0 fully saturated rings. The van der Waals surface area contributed by atoms with E-state index in [-0.39, 0.29) is 39.3 Å². The molecule has 0 spiro atoms. The minimum absolute atomic E-state index is 0. The Bertz CT molecular complexity index is 12.8. The molecule has 0 amide bonds. The third-order valence-electron chi connectivity index (χ3n) is 0. The van der Waals surface area contributed by atoms with E-state index in [2.05, 4.69) is 20.8 Å². The van der Waals surface area contributed by atoms with Gasteiger partial charge in [-0.1, -0.05) is 0 Å². The van der Waals surface area contributed by atoms with Gasteiger partial charge in [0.05, 0.1) is 0 Å². The first-order valence-electron chi connectivity index (χ1n) is 1.50. The molecule has 0 heterocycles. The van der Waals surface area contributed by atoms with Crippen molar-refractivity contribution in [2.45, 2.75) is 20.8 Å². The maximum atomic E-state index is 2.08. The van der Waals surface area contributed by atoms with Crippen molar-refractivity contribution in [1.29, 1.82) is 0 Å². The van der Waals surface area contributed by atoms with Crippen molar-refractivity contribution in [3.8, 4) is 0 Å². The molecule has 0 saturated carbocycles. The van der Waals surface area contributed by atoms with E-state index in [0.29, 0.717) is 0 Å². The smallest absolute Gasteiger partial charge is 0.358 e. The fourth-order valence-electron chi connectivity index (χ4n) is 0. The van der Waals surface area contributed by atoms with Gasteiger partial charge in [-0.2, -0.15) is 20.8 Å². The average molecular weight is 212 g/mol. The first kappa shape index (κ1) is 24.7. The number of hydrogen-bond acceptors (Lipinski definition) is 0. The van der Waals surface area contributed by atoms with Crippen LogP contribution in [0.4, 0.5) is 0 Å². The topological polar surface area (TPSA) is 0 Å². The van der Waals surface area contributed by atoms with Crippen molar-refractivity contribution in [3.63, 3.8) is 0 Å². The third kappa shape index (κ3) is 200. The zero-order valence-electron chi connectivity index (χ0n) is 5.24. The summed E-state index contributed by atoms with van der Waals surface area (Å²) in [5, 5.41) is 0. The second-order valence-corrected chi connectivity index (χ2v) is 1.50. The van der Waals surface area contributed by atoms with E-state index in [1.54, 1.807) is 0 Å². The summed E-state index contributed by atoms with van der Waals surface area (Å²) in [6, 6.07) is 0. The van der Waals surface area contributed by atoms with Gasteiger partial charge in [0.2, 0.25) is 0 Å². The van der Waals surface area contributed by atoms with Crippen molar-refractivity contribution < 1.29 is 19.5 Å². The molecule has 0 aliphatic carbocycles. The summed E-state index contributed by atoms with van der Waals surface area (Å²) in [7, 11) is 0. The Morgan fingerprint density at radius 1 is 1.00 bits per heavy atom. The summed E-state index contributed by atoms with van der Waals surface area (Å²) in [6.07, 6.45) is 0. The van der Waals surface area contributed by atoms with Gasteiger partial charge in [0.15, 0.2) is 0 Å². The van der Waals surface area contributed by atoms with Crippen LogP contribution in [0.1, 0.15) is 20.8 Å². The van der Waals surface area contributed by atoms with Gasteiger partial charge in [-0.25, -0.2) is 0 Å². The molecular formula is C5H13ClRh. The monoisotopic (exact) mass is 211 g/mol. The molecule has 0 aliphatic heterocycles. The van der Waals surface area contributed by atoms with E-state index in [9.17, 15) is 0 Å². The molecule has 7 heavy (non-hydrogen) atoms. The molecule has 2 heteroatoms. The molecule has 1 radical (unpaired) electrons. The van der Waals surface area contributed by atoms with Crippen LogP contribution in [0.25, 0.3) is 0 Å². The van der Waals surface area contributed by atoms with E-state index >= 15 is 0 Å². The van der Waals surface area contributed by atoms with Crippen molar-refractivity contribution >= 4 is 12.4 Å². The summed E-state index contributed by atoms with van der Waals surface area (Å²) in [5.74, 6) is 1.42. The third-order valence-corrected chi connectivity index (χ3v) is 0. The maximum absolute atomic E-state index is 2.08. The molecule has 0 rings (SSSR count). The van der Waals surface area contributed by atoms with E-state index in [1.807, 2.05) is 0 Å². The number of halogens is 1. The Hall–Kier alpha value is 0.913. The Balaban J connectivity index is -0.0000000150. The zero-order chi connectivity index (χ0) is 3.58. The van der Waals surface area contributed by atoms with Gasteiger partial charge < -0.3 is 13.3 Å². The zero-order valence-corrected chi connectivity index (χ0v) is 7.70. The second-order valence-electron chi connectivity index (χ2n) is 1.50. The van der Waals surface area contributed by atoms with Gasteiger partial charge in [0.1, 0.15) is 0 Å². The second kappa shape index (κ2) is 15.8. The van der Waals surface area contributed by atoms with Crippen molar-refractivity contribution in [1.82, 2.24) is 0 Å². The fourth-order valence-corrected chi connectivity index (χ4v) is 0. The van der Waals surface area contributed by atoms with Crippen LogP contribution < -0.4 is 0 Å². The molecule has 49 valence electrons. The normalized spacial score (nSPS) is 5.14. The van der Waals surface area contributed by atoms with Crippen LogP contribution in [-0.4, -0.2) is 0 Å². The van der Waals surface area contributed by atoms with Crippen molar-refractivity contribution in [2.75, 3.05) is 0 Å². The van der Waals surface area contributed by atoms with Gasteiger partial charge in [-0.15, -0.1) is 12.4 Å². The largest absolute Gasteiger partial charge is 2.00 e. The Morgan fingerprint density at radius 2 is 1.00 bits per heavy atom. The minimum atomic E-state index is 0. The first-order chi connectivity index (χ1) is 1.73. The van der Waals surface area contributed by atoms with Crippen molar-refractivity contribution in [3.05, 3.63) is 13.3 Å². The van der Waals surface area contributed by atoms with E-state index in [1.165, 1.54) is 5.92 Å². The van der Waals surface area contributed by atoms with Crippen LogP contribution in [-0.2, 0) is 19.5 Å². The summed E-state index contributed by atoms with van der Waals surface area (Å²) < 4.78 is 0. The van der Waals surface area contributed by atoms with Crippen LogP contribution in [0.5, 0.6) is 0 Å². The van der Waals surface area contributed by atoms with E-state index < -0.39 is 0 Å². The Kier molecular flexibility index (Phi) is 55.7. The van der Waals surface area contributed by atoms with Gasteiger partial charge in [0.25, 0.3) is 0 Å². The van der Waals surface area contributed by atoms with E-state index in [4.69, 9.17) is 0 Å². The molecule has 0 unspecified atom stereocenters.